The van der Waals surface area contributed by atoms with Crippen molar-refractivity contribution < 1.29 is 8.42 Å². The number of piperidine rings is 1. The highest BCUT2D eigenvalue weighted by Crippen LogP contribution is 2.28. The van der Waals surface area contributed by atoms with E-state index >= 15 is 0 Å². The van der Waals surface area contributed by atoms with Crippen LogP contribution < -0.4 is 5.32 Å². The highest BCUT2D eigenvalue weighted by atomic mass is 32.2. The van der Waals surface area contributed by atoms with Crippen LogP contribution in [0.5, 0.6) is 0 Å². The summed E-state index contributed by atoms with van der Waals surface area (Å²) in [4.78, 5) is 4.40. The molecule has 0 unspecified atom stereocenters. The Hall–Kier alpha value is -1.76. The molecule has 0 radical (unpaired) electrons. The fourth-order valence-corrected chi connectivity index (χ4v) is 5.11. The summed E-state index contributed by atoms with van der Waals surface area (Å²) in [5, 5.41) is 3.32. The Balaban J connectivity index is 1.93. The first kappa shape index (κ1) is 20.0. The van der Waals surface area contributed by atoms with Gasteiger partial charge in [0.1, 0.15) is 0 Å². The lowest BCUT2D eigenvalue weighted by molar-refractivity contribution is 0.256. The molecule has 27 heavy (non-hydrogen) atoms. The van der Waals surface area contributed by atoms with E-state index in [1.165, 1.54) is 0 Å². The Morgan fingerprint density at radius 1 is 1.04 bits per heavy atom. The van der Waals surface area contributed by atoms with Crippen molar-refractivity contribution in [2.75, 3.05) is 13.1 Å². The summed E-state index contributed by atoms with van der Waals surface area (Å²) in [7, 11) is -3.58. The monoisotopic (exact) mass is 387 g/mol. The van der Waals surface area contributed by atoms with E-state index in [9.17, 15) is 8.42 Å². The lowest BCUT2D eigenvalue weighted by Gasteiger charge is -2.34. The third kappa shape index (κ3) is 4.75. The second kappa shape index (κ2) is 8.09. The number of rotatable bonds is 5. The summed E-state index contributed by atoms with van der Waals surface area (Å²) in [6, 6.07) is 11.1. The van der Waals surface area contributed by atoms with Crippen molar-refractivity contribution in [2.45, 2.75) is 56.5 Å². The molecule has 3 rings (SSSR count). The number of benzene rings is 1. The maximum atomic E-state index is 13.5. The quantitative estimate of drug-likeness (QED) is 0.855. The molecule has 6 heteroatoms. The predicted octanol–water partition coefficient (Wildman–Crippen LogP) is 3.32. The van der Waals surface area contributed by atoms with E-state index in [1.54, 1.807) is 28.8 Å². The van der Waals surface area contributed by atoms with Crippen LogP contribution >= 0.6 is 0 Å². The Labute approximate surface area is 162 Å². The molecule has 146 valence electrons. The van der Waals surface area contributed by atoms with Crippen molar-refractivity contribution in [3.05, 3.63) is 59.9 Å². The third-order valence-corrected chi connectivity index (χ3v) is 7.04. The van der Waals surface area contributed by atoms with Gasteiger partial charge in [-0.2, -0.15) is 4.31 Å². The lowest BCUT2D eigenvalue weighted by Crippen LogP contribution is -2.45. The van der Waals surface area contributed by atoms with Crippen molar-refractivity contribution >= 4 is 10.0 Å². The zero-order valence-corrected chi connectivity index (χ0v) is 17.2. The van der Waals surface area contributed by atoms with Crippen molar-refractivity contribution in [2.24, 2.45) is 0 Å². The number of sulfonamides is 1. The molecule has 1 aliphatic heterocycles. The molecule has 0 amide bonds. The molecule has 1 saturated heterocycles. The first-order valence-corrected chi connectivity index (χ1v) is 10.9. The molecule has 0 spiro atoms. The van der Waals surface area contributed by atoms with Gasteiger partial charge in [0.05, 0.1) is 4.90 Å². The zero-order valence-electron chi connectivity index (χ0n) is 16.4. The molecule has 0 saturated carbocycles. The smallest absolute Gasteiger partial charge is 0.243 e. The van der Waals surface area contributed by atoms with Gasteiger partial charge in [0, 0.05) is 25.0 Å². The topological polar surface area (TPSA) is 62.3 Å². The summed E-state index contributed by atoms with van der Waals surface area (Å²) in [6.07, 6.45) is 5.07. The van der Waals surface area contributed by atoms with E-state index in [0.29, 0.717) is 11.4 Å². The molecule has 1 aromatic carbocycles. The normalized spacial score (nSPS) is 16.6. The molecule has 0 bridgehead atoms. The Morgan fingerprint density at radius 2 is 1.63 bits per heavy atom. The summed E-state index contributed by atoms with van der Waals surface area (Å²) in [5.74, 6) is 0. The van der Waals surface area contributed by atoms with Crippen LogP contribution in [0.2, 0.25) is 0 Å². The van der Waals surface area contributed by atoms with Crippen LogP contribution in [0.1, 0.15) is 44.7 Å². The van der Waals surface area contributed by atoms with Crippen molar-refractivity contribution in [1.29, 1.82) is 0 Å². The van der Waals surface area contributed by atoms with Gasteiger partial charge in [-0.05, 0) is 66.7 Å². The highest BCUT2D eigenvalue weighted by molar-refractivity contribution is 7.89. The first-order chi connectivity index (χ1) is 12.8. The maximum absolute atomic E-state index is 13.5. The van der Waals surface area contributed by atoms with Crippen LogP contribution in [0.25, 0.3) is 0 Å². The number of aromatic nitrogens is 1. The van der Waals surface area contributed by atoms with Crippen LogP contribution in [-0.2, 0) is 22.0 Å². The zero-order chi connectivity index (χ0) is 19.5. The van der Waals surface area contributed by atoms with Crippen molar-refractivity contribution in [1.82, 2.24) is 14.6 Å². The SMILES string of the molecule is CC(C)(C)c1ccc(S(=O)(=O)N(Cc2ccncc2)C2CCNCC2)cc1. The van der Waals surface area contributed by atoms with Crippen molar-refractivity contribution in [3.63, 3.8) is 0 Å². The van der Waals surface area contributed by atoms with Gasteiger partial charge < -0.3 is 5.32 Å². The van der Waals surface area contributed by atoms with E-state index in [0.717, 1.165) is 37.1 Å². The first-order valence-electron chi connectivity index (χ1n) is 9.50. The summed E-state index contributed by atoms with van der Waals surface area (Å²) < 4.78 is 28.6. The molecule has 5 nitrogen and oxygen atoms in total. The molecular weight excluding hydrogens is 358 g/mol. The van der Waals surface area contributed by atoms with Crippen LogP contribution in [0, 0.1) is 0 Å². The molecule has 1 fully saturated rings. The van der Waals surface area contributed by atoms with Crippen LogP contribution in [0.3, 0.4) is 0 Å². The van der Waals surface area contributed by atoms with Gasteiger partial charge in [-0.15, -0.1) is 0 Å². The van der Waals surface area contributed by atoms with E-state index in [4.69, 9.17) is 0 Å². The second-order valence-corrected chi connectivity index (χ2v) is 10.1. The highest BCUT2D eigenvalue weighted by Gasteiger charge is 2.32. The number of hydrogen-bond acceptors (Lipinski definition) is 4. The van der Waals surface area contributed by atoms with Crippen LogP contribution in [0.15, 0.2) is 53.7 Å². The molecule has 1 N–H and O–H groups in total. The number of nitrogens with zero attached hydrogens (tertiary/aromatic N) is 2. The van der Waals surface area contributed by atoms with Crippen molar-refractivity contribution in [3.8, 4) is 0 Å². The average molecular weight is 388 g/mol. The van der Waals surface area contributed by atoms with Crippen LogP contribution in [0.4, 0.5) is 0 Å². The molecule has 2 aromatic rings. The van der Waals surface area contributed by atoms with E-state index in [-0.39, 0.29) is 11.5 Å². The Kier molecular flexibility index (Phi) is 5.99. The van der Waals surface area contributed by atoms with Gasteiger partial charge >= 0.3 is 0 Å². The van der Waals surface area contributed by atoms with E-state index in [2.05, 4.69) is 31.1 Å². The van der Waals surface area contributed by atoms with E-state index in [1.807, 2.05) is 24.3 Å². The predicted molar refractivity (Wildman–Crippen MR) is 108 cm³/mol. The summed E-state index contributed by atoms with van der Waals surface area (Å²) in [6.45, 7) is 8.44. The Bertz CT molecular complexity index is 837. The number of nitrogens with one attached hydrogen (secondary N) is 1. The number of hydrogen-bond donors (Lipinski definition) is 1. The van der Waals surface area contributed by atoms with E-state index < -0.39 is 10.0 Å². The van der Waals surface area contributed by atoms with Gasteiger partial charge in [-0.3, -0.25) is 4.98 Å². The average Bonchev–Trinajstić information content (AvgIpc) is 2.67. The van der Waals surface area contributed by atoms with Crippen LogP contribution in [-0.4, -0.2) is 36.8 Å². The van der Waals surface area contributed by atoms with Gasteiger partial charge in [0.15, 0.2) is 0 Å². The minimum absolute atomic E-state index is 0.00590. The molecular formula is C21H29N3O2S. The third-order valence-electron chi connectivity index (χ3n) is 5.13. The molecule has 0 atom stereocenters. The fourth-order valence-electron chi connectivity index (χ4n) is 3.44. The lowest BCUT2D eigenvalue weighted by atomic mass is 9.87. The van der Waals surface area contributed by atoms with Gasteiger partial charge in [0.2, 0.25) is 10.0 Å². The maximum Gasteiger partial charge on any atom is 0.243 e. The van der Waals surface area contributed by atoms with Gasteiger partial charge in [0.25, 0.3) is 0 Å². The second-order valence-electron chi connectivity index (χ2n) is 8.16. The standard InChI is InChI=1S/C21H29N3O2S/c1-21(2,3)18-4-6-20(7-5-18)27(25,26)24(19-10-14-23-15-11-19)16-17-8-12-22-13-9-17/h4-9,12-13,19,23H,10-11,14-16H2,1-3H3. The largest absolute Gasteiger partial charge is 0.317 e. The number of pyridine rings is 1. The minimum atomic E-state index is -3.58. The molecule has 0 aliphatic carbocycles. The van der Waals surface area contributed by atoms with Gasteiger partial charge in [-0.25, -0.2) is 8.42 Å². The summed E-state index contributed by atoms with van der Waals surface area (Å²) >= 11 is 0. The molecule has 1 aliphatic rings. The minimum Gasteiger partial charge on any atom is -0.317 e. The molecule has 2 heterocycles. The fraction of sp³-hybridized carbons (Fsp3) is 0.476. The van der Waals surface area contributed by atoms with Gasteiger partial charge in [-0.1, -0.05) is 32.9 Å². The summed E-state index contributed by atoms with van der Waals surface area (Å²) in [5.41, 5.74) is 2.08. The molecule has 1 aromatic heterocycles. The Morgan fingerprint density at radius 3 is 2.19 bits per heavy atom.